The fourth-order valence-electron chi connectivity index (χ4n) is 5.44. The number of hydrogen-bond donors (Lipinski definition) is 0. The lowest BCUT2D eigenvalue weighted by Gasteiger charge is -2.41. The monoisotopic (exact) mass is 692 g/mol. The Bertz CT molecular complexity index is 1620. The second-order valence-electron chi connectivity index (χ2n) is 11.2. The average molecular weight is 693 g/mol. The van der Waals surface area contributed by atoms with Crippen molar-refractivity contribution in [2.24, 2.45) is 0 Å². The van der Waals surface area contributed by atoms with Gasteiger partial charge in [-0.25, -0.2) is 14.4 Å². The maximum atomic E-state index is 13.4. The second kappa shape index (κ2) is 17.0. The standard InChI is InChI=1S/C36H36O14/c1-21(37)45-28-27(20-44-35(42-3)30(28)46-22(2)38)48-36-31(50-34(41)25-17-11-6-12-18-25)29(49-33(40)24-15-9-5-10-16-24)26(47-36)19-43-32(39)23-13-7-4-8-14-23/h4-18,26-31,35-36H,19-20H2,1-3H3/t26-,27+,28+,29+,30-,31+,35-,36+/m1/s1. The molecular formula is C36H36O14. The van der Waals surface area contributed by atoms with Gasteiger partial charge in [0, 0.05) is 21.0 Å². The molecule has 0 radical (unpaired) electrons. The highest BCUT2D eigenvalue weighted by Gasteiger charge is 2.54. The van der Waals surface area contributed by atoms with E-state index in [0.717, 1.165) is 13.8 Å². The van der Waals surface area contributed by atoms with Gasteiger partial charge in [0.15, 0.2) is 37.0 Å². The molecule has 14 nitrogen and oxygen atoms in total. The van der Waals surface area contributed by atoms with E-state index in [0.29, 0.717) is 0 Å². The van der Waals surface area contributed by atoms with Crippen LogP contribution in [0.1, 0.15) is 44.9 Å². The Kier molecular flexibility index (Phi) is 12.3. The molecular weight excluding hydrogens is 656 g/mol. The maximum Gasteiger partial charge on any atom is 0.338 e. The molecule has 2 aliphatic rings. The Morgan fingerprint density at radius 3 is 1.56 bits per heavy atom. The SMILES string of the molecule is CO[C@@H]1OC[C@H](O[C@@H]2O[C@H](COC(=O)c3ccccc3)[C@H](OC(=O)c3ccccc3)[C@@H]2OC(=O)c2ccccc2)[C@H](OC(C)=O)[C@H]1OC(C)=O. The zero-order valence-corrected chi connectivity index (χ0v) is 27.4. The zero-order chi connectivity index (χ0) is 35.6. The fourth-order valence-corrected chi connectivity index (χ4v) is 5.44. The summed E-state index contributed by atoms with van der Waals surface area (Å²) >= 11 is 0. The molecule has 0 N–H and O–H groups in total. The number of esters is 5. The highest BCUT2D eigenvalue weighted by atomic mass is 16.8. The van der Waals surface area contributed by atoms with Crippen LogP contribution in [0.2, 0.25) is 0 Å². The minimum absolute atomic E-state index is 0.176. The van der Waals surface area contributed by atoms with Gasteiger partial charge in [-0.3, -0.25) is 9.59 Å². The third-order valence-corrected chi connectivity index (χ3v) is 7.69. The van der Waals surface area contributed by atoms with Crippen molar-refractivity contribution in [2.75, 3.05) is 20.3 Å². The van der Waals surface area contributed by atoms with E-state index >= 15 is 0 Å². The number of rotatable bonds is 12. The van der Waals surface area contributed by atoms with Crippen LogP contribution in [-0.4, -0.2) is 99.4 Å². The molecule has 2 aliphatic heterocycles. The van der Waals surface area contributed by atoms with Crippen LogP contribution in [0, 0.1) is 0 Å². The van der Waals surface area contributed by atoms with E-state index in [1.165, 1.54) is 31.4 Å². The topological polar surface area (TPSA) is 168 Å². The van der Waals surface area contributed by atoms with Gasteiger partial charge < -0.3 is 42.6 Å². The highest BCUT2D eigenvalue weighted by Crippen LogP contribution is 2.33. The third kappa shape index (κ3) is 9.09. The van der Waals surface area contributed by atoms with E-state index < -0.39 is 85.7 Å². The van der Waals surface area contributed by atoms with Crippen molar-refractivity contribution in [3.05, 3.63) is 108 Å². The Balaban J connectivity index is 1.48. The van der Waals surface area contributed by atoms with Crippen LogP contribution in [-0.2, 0) is 52.2 Å². The molecule has 0 unspecified atom stereocenters. The van der Waals surface area contributed by atoms with Crippen molar-refractivity contribution in [1.82, 2.24) is 0 Å². The van der Waals surface area contributed by atoms with E-state index in [4.69, 9.17) is 42.6 Å². The molecule has 0 aliphatic carbocycles. The van der Waals surface area contributed by atoms with Gasteiger partial charge in [0.05, 0.1) is 23.3 Å². The number of hydrogen-bond acceptors (Lipinski definition) is 14. The summed E-state index contributed by atoms with van der Waals surface area (Å²) in [4.78, 5) is 63.9. The molecule has 14 heteroatoms. The number of benzene rings is 3. The van der Waals surface area contributed by atoms with E-state index in [1.54, 1.807) is 66.7 Å². The first-order chi connectivity index (χ1) is 24.1. The highest BCUT2D eigenvalue weighted by molar-refractivity contribution is 5.91. The van der Waals surface area contributed by atoms with E-state index in [-0.39, 0.29) is 23.3 Å². The molecule has 264 valence electrons. The first-order valence-electron chi connectivity index (χ1n) is 15.7. The lowest BCUT2D eigenvalue weighted by atomic mass is 10.0. The Morgan fingerprint density at radius 2 is 1.06 bits per heavy atom. The molecule has 8 atom stereocenters. The molecule has 50 heavy (non-hydrogen) atoms. The number of carbonyl (C=O) groups is 5. The Morgan fingerprint density at radius 1 is 0.600 bits per heavy atom. The lowest BCUT2D eigenvalue weighted by molar-refractivity contribution is -0.302. The van der Waals surface area contributed by atoms with Gasteiger partial charge in [0.1, 0.15) is 18.8 Å². The third-order valence-electron chi connectivity index (χ3n) is 7.69. The van der Waals surface area contributed by atoms with Crippen LogP contribution in [0.4, 0.5) is 0 Å². The summed E-state index contributed by atoms with van der Waals surface area (Å²) in [7, 11) is 1.32. The van der Waals surface area contributed by atoms with Crippen molar-refractivity contribution in [1.29, 1.82) is 0 Å². The molecule has 0 bridgehead atoms. The van der Waals surface area contributed by atoms with E-state index in [2.05, 4.69) is 0 Å². The summed E-state index contributed by atoms with van der Waals surface area (Å²) in [6.07, 6.45) is -10.4. The van der Waals surface area contributed by atoms with E-state index in [9.17, 15) is 24.0 Å². The predicted molar refractivity (Wildman–Crippen MR) is 169 cm³/mol. The molecule has 0 spiro atoms. The van der Waals surface area contributed by atoms with Gasteiger partial charge in [-0.2, -0.15) is 0 Å². The van der Waals surface area contributed by atoms with Gasteiger partial charge in [-0.05, 0) is 36.4 Å². The average Bonchev–Trinajstić information content (AvgIpc) is 3.43. The largest absolute Gasteiger partial charge is 0.459 e. The van der Waals surface area contributed by atoms with Crippen molar-refractivity contribution >= 4 is 29.8 Å². The summed E-state index contributed by atoms with van der Waals surface area (Å²) in [5.41, 5.74) is 0.626. The summed E-state index contributed by atoms with van der Waals surface area (Å²) < 4.78 is 51.8. The summed E-state index contributed by atoms with van der Waals surface area (Å²) in [5, 5.41) is 0. The fraction of sp³-hybridized carbons (Fsp3) is 0.361. The van der Waals surface area contributed by atoms with Gasteiger partial charge >= 0.3 is 29.8 Å². The van der Waals surface area contributed by atoms with Gasteiger partial charge in [-0.1, -0.05) is 54.6 Å². The smallest absolute Gasteiger partial charge is 0.338 e. The first kappa shape index (κ1) is 36.1. The second-order valence-corrected chi connectivity index (χ2v) is 11.2. The predicted octanol–water partition coefficient (Wildman–Crippen LogP) is 3.27. The van der Waals surface area contributed by atoms with Crippen LogP contribution in [0.25, 0.3) is 0 Å². The minimum Gasteiger partial charge on any atom is -0.459 e. The van der Waals surface area contributed by atoms with Crippen LogP contribution in [0.3, 0.4) is 0 Å². The summed E-state index contributed by atoms with van der Waals surface area (Å²) in [6, 6.07) is 24.3. The van der Waals surface area contributed by atoms with E-state index in [1.807, 2.05) is 0 Å². The zero-order valence-electron chi connectivity index (χ0n) is 27.4. The quantitative estimate of drug-likeness (QED) is 0.200. The van der Waals surface area contributed by atoms with Crippen molar-refractivity contribution in [2.45, 2.75) is 63.1 Å². The van der Waals surface area contributed by atoms with Gasteiger partial charge in [0.25, 0.3) is 0 Å². The van der Waals surface area contributed by atoms with Crippen LogP contribution < -0.4 is 0 Å². The number of methoxy groups -OCH3 is 1. The molecule has 5 rings (SSSR count). The van der Waals surface area contributed by atoms with Crippen LogP contribution in [0.15, 0.2) is 91.0 Å². The molecule has 2 fully saturated rings. The normalized spacial score (nSPS) is 25.9. The molecule has 3 aromatic carbocycles. The van der Waals surface area contributed by atoms with Crippen molar-refractivity contribution in [3.8, 4) is 0 Å². The van der Waals surface area contributed by atoms with Crippen molar-refractivity contribution < 1.29 is 66.6 Å². The van der Waals surface area contributed by atoms with Gasteiger partial charge in [-0.15, -0.1) is 0 Å². The molecule has 0 saturated carbocycles. The van der Waals surface area contributed by atoms with Crippen LogP contribution >= 0.6 is 0 Å². The molecule has 3 aromatic rings. The Labute approximate surface area is 287 Å². The Hall–Kier alpha value is -5.15. The van der Waals surface area contributed by atoms with Crippen molar-refractivity contribution in [3.63, 3.8) is 0 Å². The molecule has 2 saturated heterocycles. The number of ether oxygens (including phenoxy) is 9. The summed E-state index contributed by atoms with van der Waals surface area (Å²) in [5.74, 6) is -3.70. The molecule has 2 heterocycles. The maximum absolute atomic E-state index is 13.4. The number of carbonyl (C=O) groups excluding carboxylic acids is 5. The van der Waals surface area contributed by atoms with Gasteiger partial charge in [0.2, 0.25) is 0 Å². The first-order valence-corrected chi connectivity index (χ1v) is 15.7. The van der Waals surface area contributed by atoms with Crippen LogP contribution in [0.5, 0.6) is 0 Å². The molecule has 0 aromatic heterocycles. The minimum atomic E-state index is -1.51. The molecule has 0 amide bonds. The summed E-state index contributed by atoms with van der Waals surface area (Å²) in [6.45, 7) is 1.62. The lowest BCUT2D eigenvalue weighted by Crippen LogP contribution is -2.58.